The van der Waals surface area contributed by atoms with Crippen molar-refractivity contribution in [1.29, 1.82) is 0 Å². The first-order chi connectivity index (χ1) is 17.5. The van der Waals surface area contributed by atoms with E-state index in [9.17, 15) is 9.59 Å². The van der Waals surface area contributed by atoms with E-state index in [0.717, 1.165) is 64.2 Å². The maximum Gasteiger partial charge on any atom is 0.305 e. The van der Waals surface area contributed by atoms with Crippen LogP contribution in [-0.4, -0.2) is 43.7 Å². The second-order valence-electron chi connectivity index (χ2n) is 9.83. The fraction of sp³-hybridized carbons (Fsp3) is 0.933. The van der Waals surface area contributed by atoms with E-state index in [-0.39, 0.29) is 18.0 Å². The van der Waals surface area contributed by atoms with Crippen molar-refractivity contribution in [3.05, 3.63) is 0 Å². The molecule has 6 heteroatoms. The minimum absolute atomic E-state index is 0.0790. The van der Waals surface area contributed by atoms with Crippen molar-refractivity contribution in [2.45, 2.75) is 162 Å². The average Bonchev–Trinajstić information content (AvgIpc) is 3.26. The molecule has 0 N–H and O–H groups in total. The Balaban J connectivity index is 0.00000596. The van der Waals surface area contributed by atoms with Crippen LogP contribution < -0.4 is 0 Å². The molecule has 0 aromatic heterocycles. The molecule has 1 atom stereocenters. The van der Waals surface area contributed by atoms with Crippen LogP contribution >= 0.6 is 0 Å². The number of carbonyl (C=O) groups excluding carboxylic acids is 2. The summed E-state index contributed by atoms with van der Waals surface area (Å²) in [6, 6.07) is 0. The van der Waals surface area contributed by atoms with Gasteiger partial charge < -0.3 is 18.9 Å². The summed E-state index contributed by atoms with van der Waals surface area (Å²) in [5.74, 6) is -0.781. The predicted molar refractivity (Wildman–Crippen MR) is 147 cm³/mol. The summed E-state index contributed by atoms with van der Waals surface area (Å²) in [4.78, 5) is 23.9. The summed E-state index contributed by atoms with van der Waals surface area (Å²) in [5, 5.41) is 0. The van der Waals surface area contributed by atoms with Gasteiger partial charge in [0.15, 0.2) is 5.79 Å². The number of unbranched alkanes of at least 4 members (excludes halogenated alkanes) is 10. The monoisotopic (exact) mass is 514 g/mol. The molecule has 6 nitrogen and oxygen atoms in total. The minimum Gasteiger partial charge on any atom is -0.466 e. The van der Waals surface area contributed by atoms with Gasteiger partial charge in [-0.05, 0) is 45.4 Å². The lowest BCUT2D eigenvalue weighted by Crippen LogP contribution is -2.31. The molecule has 0 radical (unpaired) electrons. The smallest absolute Gasteiger partial charge is 0.305 e. The van der Waals surface area contributed by atoms with Gasteiger partial charge in [-0.25, -0.2) is 0 Å². The molecule has 1 heterocycles. The van der Waals surface area contributed by atoms with E-state index in [2.05, 4.69) is 13.8 Å². The van der Waals surface area contributed by atoms with Crippen LogP contribution in [0.3, 0.4) is 0 Å². The lowest BCUT2D eigenvalue weighted by Gasteiger charge is -2.28. The third-order valence-electron chi connectivity index (χ3n) is 6.40. The fourth-order valence-electron chi connectivity index (χ4n) is 4.35. The predicted octanol–water partition coefficient (Wildman–Crippen LogP) is 8.29. The maximum atomic E-state index is 11.9. The molecule has 1 aliphatic heterocycles. The van der Waals surface area contributed by atoms with Crippen LogP contribution in [0.1, 0.15) is 150 Å². The van der Waals surface area contributed by atoms with E-state index in [4.69, 9.17) is 18.9 Å². The van der Waals surface area contributed by atoms with Crippen molar-refractivity contribution in [2.24, 2.45) is 0 Å². The highest BCUT2D eigenvalue weighted by atomic mass is 16.7. The lowest BCUT2D eigenvalue weighted by atomic mass is 10.0. The molecule has 1 rings (SSSR count). The first-order valence-electron chi connectivity index (χ1n) is 15.1. The first kappa shape index (κ1) is 34.9. The molecule has 0 aromatic rings. The number of esters is 2. The summed E-state index contributed by atoms with van der Waals surface area (Å²) >= 11 is 0. The molecular weight excluding hydrogens is 456 g/mol. The first-order valence-corrected chi connectivity index (χ1v) is 15.1. The van der Waals surface area contributed by atoms with E-state index < -0.39 is 5.79 Å². The van der Waals surface area contributed by atoms with Crippen molar-refractivity contribution in [3.8, 4) is 0 Å². The molecule has 0 saturated carbocycles. The van der Waals surface area contributed by atoms with Gasteiger partial charge in [-0.15, -0.1) is 0 Å². The van der Waals surface area contributed by atoms with Gasteiger partial charge >= 0.3 is 11.9 Å². The quantitative estimate of drug-likeness (QED) is 0.107. The van der Waals surface area contributed by atoms with Crippen LogP contribution in [0, 0.1) is 0 Å². The maximum absolute atomic E-state index is 11.9. The summed E-state index contributed by atoms with van der Waals surface area (Å²) in [5.41, 5.74) is 0. The van der Waals surface area contributed by atoms with Gasteiger partial charge in [0.2, 0.25) is 0 Å². The van der Waals surface area contributed by atoms with Crippen molar-refractivity contribution in [2.75, 3.05) is 19.8 Å². The van der Waals surface area contributed by atoms with Crippen LogP contribution in [0.15, 0.2) is 0 Å². The number of rotatable bonds is 22. The Labute approximate surface area is 222 Å². The highest BCUT2D eigenvalue weighted by molar-refractivity contribution is 5.69. The highest BCUT2D eigenvalue weighted by Gasteiger charge is 2.38. The second kappa shape index (κ2) is 24.2. The number of carbonyl (C=O) groups is 2. The molecule has 1 fully saturated rings. The highest BCUT2D eigenvalue weighted by Crippen LogP contribution is 2.34. The Kier molecular flexibility index (Phi) is 23.4. The Hall–Kier alpha value is -1.14. The summed E-state index contributed by atoms with van der Waals surface area (Å²) in [6.07, 6.45) is 17.4. The van der Waals surface area contributed by atoms with Gasteiger partial charge in [0.05, 0.1) is 25.9 Å². The molecule has 1 saturated heterocycles. The van der Waals surface area contributed by atoms with Gasteiger partial charge in [-0.1, -0.05) is 79.1 Å². The number of hydrogen-bond donors (Lipinski definition) is 0. The topological polar surface area (TPSA) is 71.1 Å². The summed E-state index contributed by atoms with van der Waals surface area (Å²) < 4.78 is 22.9. The molecular formula is C30H58O6. The van der Waals surface area contributed by atoms with Crippen LogP contribution in [0.5, 0.6) is 0 Å². The standard InChI is InChI=1S/C28H52O6.C2H6/c1-4-6-8-10-16-22-31-26(29)18-12-14-20-28(33-24-25(3)34-28)21-15-13-19-27(30)32-23-17-11-9-7-5-2;1-2/h25H,4-24H2,1-3H3;1-2H3. The SMILES string of the molecule is CC.CCCCCCCOC(=O)CCCCC1(CCCCC(=O)OCCCCCCC)OCC(C)O1. The largest absolute Gasteiger partial charge is 0.466 e. The van der Waals surface area contributed by atoms with E-state index in [1.165, 1.54) is 38.5 Å². The molecule has 0 aliphatic carbocycles. The third kappa shape index (κ3) is 19.0. The Bertz CT molecular complexity index is 486. The van der Waals surface area contributed by atoms with Crippen LogP contribution in [-0.2, 0) is 28.5 Å². The molecule has 1 aliphatic rings. The summed E-state index contributed by atoms with van der Waals surface area (Å²) in [7, 11) is 0. The van der Waals surface area contributed by atoms with E-state index in [1.807, 2.05) is 20.8 Å². The van der Waals surface area contributed by atoms with Gasteiger partial charge in [0, 0.05) is 25.7 Å². The number of hydrogen-bond acceptors (Lipinski definition) is 6. The van der Waals surface area contributed by atoms with Gasteiger partial charge in [-0.3, -0.25) is 9.59 Å². The normalized spacial score (nSPS) is 16.3. The van der Waals surface area contributed by atoms with Gasteiger partial charge in [0.1, 0.15) is 0 Å². The van der Waals surface area contributed by atoms with E-state index in [1.54, 1.807) is 0 Å². The second-order valence-corrected chi connectivity index (χ2v) is 9.83. The van der Waals surface area contributed by atoms with Gasteiger partial charge in [-0.2, -0.15) is 0 Å². The van der Waals surface area contributed by atoms with E-state index >= 15 is 0 Å². The molecule has 0 aromatic carbocycles. The molecule has 0 amide bonds. The zero-order valence-electron chi connectivity index (χ0n) is 24.4. The average molecular weight is 515 g/mol. The van der Waals surface area contributed by atoms with Gasteiger partial charge in [0.25, 0.3) is 0 Å². The fourth-order valence-corrected chi connectivity index (χ4v) is 4.35. The van der Waals surface area contributed by atoms with Crippen molar-refractivity contribution >= 4 is 11.9 Å². The van der Waals surface area contributed by atoms with Crippen LogP contribution in [0.4, 0.5) is 0 Å². The Morgan fingerprint density at radius 1 is 0.694 bits per heavy atom. The molecule has 0 spiro atoms. The van der Waals surface area contributed by atoms with Crippen LogP contribution in [0.2, 0.25) is 0 Å². The third-order valence-corrected chi connectivity index (χ3v) is 6.40. The summed E-state index contributed by atoms with van der Waals surface area (Å²) in [6.45, 7) is 12.1. The molecule has 0 bridgehead atoms. The zero-order valence-corrected chi connectivity index (χ0v) is 24.4. The minimum atomic E-state index is -0.578. The van der Waals surface area contributed by atoms with E-state index in [0.29, 0.717) is 32.7 Å². The molecule has 214 valence electrons. The van der Waals surface area contributed by atoms with Crippen molar-refractivity contribution < 1.29 is 28.5 Å². The molecule has 1 unspecified atom stereocenters. The molecule has 36 heavy (non-hydrogen) atoms. The van der Waals surface area contributed by atoms with Crippen molar-refractivity contribution in [1.82, 2.24) is 0 Å². The number of ether oxygens (including phenoxy) is 4. The Morgan fingerprint density at radius 2 is 1.14 bits per heavy atom. The zero-order chi connectivity index (χ0) is 26.9. The van der Waals surface area contributed by atoms with Crippen LogP contribution in [0.25, 0.3) is 0 Å². The lowest BCUT2D eigenvalue weighted by molar-refractivity contribution is -0.178. The Morgan fingerprint density at radius 3 is 1.53 bits per heavy atom. The van der Waals surface area contributed by atoms with Crippen molar-refractivity contribution in [3.63, 3.8) is 0 Å².